The van der Waals surface area contributed by atoms with E-state index >= 15 is 0 Å². The lowest BCUT2D eigenvalue weighted by atomic mass is 9.79. The highest BCUT2D eigenvalue weighted by atomic mass is 35.5. The fourth-order valence-corrected chi connectivity index (χ4v) is 4.78. The predicted octanol–water partition coefficient (Wildman–Crippen LogP) is 2.67. The van der Waals surface area contributed by atoms with Crippen molar-refractivity contribution < 1.29 is 4.79 Å². The molecule has 6 nitrogen and oxygen atoms in total. The summed E-state index contributed by atoms with van der Waals surface area (Å²) < 4.78 is 0. The van der Waals surface area contributed by atoms with Gasteiger partial charge in [0.1, 0.15) is 23.0 Å². The summed E-state index contributed by atoms with van der Waals surface area (Å²) >= 11 is 1.61. The minimum absolute atomic E-state index is 0. The maximum Gasteiger partial charge on any atom is 0.245 e. The van der Waals surface area contributed by atoms with E-state index in [-0.39, 0.29) is 35.8 Å². The molecule has 2 aliphatic heterocycles. The number of anilines is 1. The van der Waals surface area contributed by atoms with Gasteiger partial charge in [0.15, 0.2) is 0 Å². The molecule has 2 unspecified atom stereocenters. The van der Waals surface area contributed by atoms with Crippen molar-refractivity contribution in [1.82, 2.24) is 14.9 Å². The Bertz CT molecular complexity index is 795. The van der Waals surface area contributed by atoms with Crippen LogP contribution in [0, 0.1) is 5.41 Å². The number of carbonyl (C=O) groups excluding carboxylic acids is 1. The highest BCUT2D eigenvalue weighted by molar-refractivity contribution is 7.16. The number of thiophene rings is 1. The Balaban J connectivity index is 0.00000196. The highest BCUT2D eigenvalue weighted by Gasteiger charge is 2.40. The van der Waals surface area contributed by atoms with Crippen molar-refractivity contribution in [2.24, 2.45) is 11.1 Å². The van der Waals surface area contributed by atoms with E-state index in [2.05, 4.69) is 34.8 Å². The average Bonchev–Trinajstić information content (AvgIpc) is 3.24. The van der Waals surface area contributed by atoms with E-state index in [1.807, 2.05) is 10.3 Å². The van der Waals surface area contributed by atoms with Gasteiger partial charge in [-0.15, -0.1) is 23.7 Å². The minimum atomic E-state index is -0.122. The topological polar surface area (TPSA) is 75.4 Å². The number of nitrogens with two attached hydrogens (primary N) is 1. The van der Waals surface area contributed by atoms with Gasteiger partial charge in [0, 0.05) is 25.7 Å². The average molecular weight is 396 g/mol. The van der Waals surface area contributed by atoms with Crippen LogP contribution in [0.15, 0.2) is 17.8 Å². The van der Waals surface area contributed by atoms with Crippen LogP contribution in [0.4, 0.5) is 5.82 Å². The van der Waals surface area contributed by atoms with Gasteiger partial charge >= 0.3 is 0 Å². The van der Waals surface area contributed by atoms with Crippen molar-refractivity contribution in [3.05, 3.63) is 17.8 Å². The van der Waals surface area contributed by atoms with E-state index in [9.17, 15) is 4.79 Å². The Morgan fingerprint density at radius 3 is 2.88 bits per heavy atom. The number of hydrogen-bond donors (Lipinski definition) is 1. The molecule has 0 saturated carbocycles. The maximum atomic E-state index is 13.3. The molecule has 2 saturated heterocycles. The fourth-order valence-electron chi connectivity index (χ4n) is 4.06. The van der Waals surface area contributed by atoms with E-state index in [0.717, 1.165) is 54.9 Å². The van der Waals surface area contributed by atoms with Gasteiger partial charge in [0.2, 0.25) is 5.91 Å². The van der Waals surface area contributed by atoms with Gasteiger partial charge in [0.25, 0.3) is 0 Å². The first-order chi connectivity index (χ1) is 12.0. The van der Waals surface area contributed by atoms with Crippen molar-refractivity contribution in [1.29, 1.82) is 0 Å². The van der Waals surface area contributed by atoms with Gasteiger partial charge < -0.3 is 15.5 Å². The number of fused-ring (bicyclic) bond motifs is 1. The Morgan fingerprint density at radius 1 is 1.31 bits per heavy atom. The molecule has 4 heterocycles. The quantitative estimate of drug-likeness (QED) is 0.845. The number of piperidine rings is 1. The third kappa shape index (κ3) is 3.28. The Labute approximate surface area is 164 Å². The molecule has 8 heteroatoms. The van der Waals surface area contributed by atoms with Gasteiger partial charge in [-0.2, -0.15) is 0 Å². The first-order valence-corrected chi connectivity index (χ1v) is 9.84. The van der Waals surface area contributed by atoms with E-state index < -0.39 is 0 Å². The number of hydrogen-bond acceptors (Lipinski definition) is 6. The summed E-state index contributed by atoms with van der Waals surface area (Å²) in [6, 6.07) is 2.09. The molecule has 2 atom stereocenters. The number of rotatable bonds is 2. The summed E-state index contributed by atoms with van der Waals surface area (Å²) in [4.78, 5) is 27.3. The molecule has 0 spiro atoms. The van der Waals surface area contributed by atoms with Crippen molar-refractivity contribution in [3.8, 4) is 0 Å². The van der Waals surface area contributed by atoms with Crippen molar-refractivity contribution in [2.45, 2.75) is 45.2 Å². The molecule has 0 aliphatic carbocycles. The van der Waals surface area contributed by atoms with Crippen molar-refractivity contribution in [3.63, 3.8) is 0 Å². The Morgan fingerprint density at radius 2 is 2.12 bits per heavy atom. The van der Waals surface area contributed by atoms with Crippen LogP contribution in [-0.4, -0.2) is 52.5 Å². The number of aromatic nitrogens is 2. The van der Waals surface area contributed by atoms with E-state index in [4.69, 9.17) is 5.73 Å². The third-order valence-electron chi connectivity index (χ3n) is 5.67. The number of likely N-dealkylation sites (tertiary alicyclic amines) is 1. The zero-order valence-corrected chi connectivity index (χ0v) is 16.9. The molecule has 2 N–H and O–H groups in total. The van der Waals surface area contributed by atoms with Crippen LogP contribution >= 0.6 is 23.7 Å². The second kappa shape index (κ2) is 7.29. The molecule has 26 heavy (non-hydrogen) atoms. The molecule has 0 bridgehead atoms. The number of halogens is 1. The third-order valence-corrected chi connectivity index (χ3v) is 6.50. The first-order valence-electron chi connectivity index (χ1n) is 8.96. The fraction of sp³-hybridized carbons (Fsp3) is 0.611. The van der Waals surface area contributed by atoms with E-state index in [1.165, 1.54) is 0 Å². The molecular formula is C18H26ClN5OS. The van der Waals surface area contributed by atoms with Crippen molar-refractivity contribution >= 4 is 45.7 Å². The van der Waals surface area contributed by atoms with Gasteiger partial charge in [-0.3, -0.25) is 4.79 Å². The first kappa shape index (κ1) is 19.3. The molecule has 2 aromatic heterocycles. The molecule has 4 rings (SSSR count). The highest BCUT2D eigenvalue weighted by Crippen LogP contribution is 2.34. The summed E-state index contributed by atoms with van der Waals surface area (Å²) in [7, 11) is 0. The zero-order valence-electron chi connectivity index (χ0n) is 15.2. The summed E-state index contributed by atoms with van der Waals surface area (Å²) in [5, 5.41) is 3.08. The van der Waals surface area contributed by atoms with Crippen LogP contribution in [0.25, 0.3) is 10.2 Å². The van der Waals surface area contributed by atoms with Gasteiger partial charge in [0.05, 0.1) is 5.39 Å². The lowest BCUT2D eigenvalue weighted by Crippen LogP contribution is -2.57. The Kier molecular flexibility index (Phi) is 5.42. The van der Waals surface area contributed by atoms with Crippen LogP contribution in [0.3, 0.4) is 0 Å². The standard InChI is InChI=1S/C18H25N5OS.ClH/c1-18(2)10-22(8-5-14(18)19)17(24)13-4-3-7-23(13)15-12-6-9-25-16(12)21-11-20-15;/h6,9,11,13-14H,3-5,7-8,10,19H2,1-2H3;1H. The minimum Gasteiger partial charge on any atom is -0.344 e. The predicted molar refractivity (Wildman–Crippen MR) is 108 cm³/mol. The van der Waals surface area contributed by atoms with Gasteiger partial charge in [-0.05, 0) is 36.1 Å². The van der Waals surface area contributed by atoms with Gasteiger partial charge in [-0.1, -0.05) is 13.8 Å². The lowest BCUT2D eigenvalue weighted by Gasteiger charge is -2.44. The molecule has 2 aliphatic rings. The van der Waals surface area contributed by atoms with Crippen molar-refractivity contribution in [2.75, 3.05) is 24.5 Å². The van der Waals surface area contributed by atoms with Crippen LogP contribution in [0.2, 0.25) is 0 Å². The molecule has 1 amide bonds. The Hall–Kier alpha value is -1.44. The summed E-state index contributed by atoms with van der Waals surface area (Å²) in [5.74, 6) is 1.12. The van der Waals surface area contributed by atoms with Crippen LogP contribution in [0.5, 0.6) is 0 Å². The second-order valence-corrected chi connectivity index (χ2v) is 8.73. The summed E-state index contributed by atoms with van der Waals surface area (Å²) in [6.07, 6.45) is 4.38. The van der Waals surface area contributed by atoms with Crippen LogP contribution < -0.4 is 10.6 Å². The molecule has 0 radical (unpaired) electrons. The molecular weight excluding hydrogens is 370 g/mol. The number of carbonyl (C=O) groups is 1. The largest absolute Gasteiger partial charge is 0.344 e. The molecule has 0 aromatic carbocycles. The smallest absolute Gasteiger partial charge is 0.245 e. The second-order valence-electron chi connectivity index (χ2n) is 7.83. The monoisotopic (exact) mass is 395 g/mol. The SMILES string of the molecule is CC1(C)CN(C(=O)C2CCCN2c2ncnc3sccc23)CCC1N.Cl. The number of nitrogens with zero attached hydrogens (tertiary/aromatic N) is 4. The molecule has 142 valence electrons. The molecule has 2 fully saturated rings. The molecule has 2 aromatic rings. The normalized spacial score (nSPS) is 25.3. The zero-order chi connectivity index (χ0) is 17.6. The number of amides is 1. The lowest BCUT2D eigenvalue weighted by molar-refractivity contribution is -0.135. The maximum absolute atomic E-state index is 13.3. The van der Waals surface area contributed by atoms with Gasteiger partial charge in [-0.25, -0.2) is 9.97 Å². The van der Waals surface area contributed by atoms with Crippen LogP contribution in [-0.2, 0) is 4.79 Å². The summed E-state index contributed by atoms with van der Waals surface area (Å²) in [5.41, 5.74) is 6.20. The van der Waals surface area contributed by atoms with E-state index in [1.54, 1.807) is 17.7 Å². The summed E-state index contributed by atoms with van der Waals surface area (Å²) in [6.45, 7) is 6.67. The van der Waals surface area contributed by atoms with Crippen LogP contribution in [0.1, 0.15) is 33.1 Å². The van der Waals surface area contributed by atoms with E-state index in [0.29, 0.717) is 0 Å².